The zero-order chi connectivity index (χ0) is 15.9. The molecule has 0 atom stereocenters. The fourth-order valence-corrected chi connectivity index (χ4v) is 3.40. The van der Waals surface area contributed by atoms with Crippen molar-refractivity contribution in [3.63, 3.8) is 0 Å². The van der Waals surface area contributed by atoms with Crippen molar-refractivity contribution in [2.24, 2.45) is 10.9 Å². The van der Waals surface area contributed by atoms with Crippen LogP contribution in [0.1, 0.15) is 24.5 Å². The van der Waals surface area contributed by atoms with Crippen LogP contribution in [0, 0.1) is 0 Å². The average Bonchev–Trinajstić information content (AvgIpc) is 2.45. The van der Waals surface area contributed by atoms with Crippen LogP contribution in [-0.4, -0.2) is 49.5 Å². The number of oxime groups is 1. The van der Waals surface area contributed by atoms with E-state index in [-0.39, 0.29) is 17.3 Å². The summed E-state index contributed by atoms with van der Waals surface area (Å²) in [6, 6.07) is 7.33. The van der Waals surface area contributed by atoms with Crippen LogP contribution < -0.4 is 5.73 Å². The minimum atomic E-state index is -2.96. The van der Waals surface area contributed by atoms with E-state index in [1.165, 1.54) is 0 Å². The molecule has 7 heteroatoms. The van der Waals surface area contributed by atoms with Gasteiger partial charge in [0.1, 0.15) is 0 Å². The lowest BCUT2D eigenvalue weighted by atomic mass is 10.1. The molecule has 0 saturated heterocycles. The normalized spacial score (nSPS) is 12.8. The third-order valence-corrected chi connectivity index (χ3v) is 4.92. The summed E-state index contributed by atoms with van der Waals surface area (Å²) >= 11 is 0. The van der Waals surface area contributed by atoms with Crippen LogP contribution in [0.4, 0.5) is 0 Å². The second-order valence-corrected chi connectivity index (χ2v) is 7.38. The predicted molar refractivity (Wildman–Crippen MR) is 84.2 cm³/mol. The molecule has 0 spiro atoms. The molecular formula is C14H23N3O3S. The van der Waals surface area contributed by atoms with Gasteiger partial charge in [0, 0.05) is 24.4 Å². The van der Waals surface area contributed by atoms with Gasteiger partial charge in [0.2, 0.25) is 0 Å². The fourth-order valence-electron chi connectivity index (χ4n) is 1.99. The van der Waals surface area contributed by atoms with Gasteiger partial charge in [-0.1, -0.05) is 30.3 Å². The van der Waals surface area contributed by atoms with Crippen LogP contribution in [-0.2, 0) is 16.4 Å². The van der Waals surface area contributed by atoms with Crippen LogP contribution >= 0.6 is 0 Å². The Balaban J connectivity index is 2.61. The highest BCUT2D eigenvalue weighted by Gasteiger charge is 2.11. The van der Waals surface area contributed by atoms with E-state index < -0.39 is 9.84 Å². The largest absolute Gasteiger partial charge is 0.409 e. The number of sulfone groups is 1. The number of nitrogens with two attached hydrogens (primary N) is 1. The Hall–Kier alpha value is -1.60. The van der Waals surface area contributed by atoms with Gasteiger partial charge >= 0.3 is 0 Å². The number of benzene rings is 1. The SMILES string of the molecule is CCCS(=O)(=O)CCN(C)Cc1cccc(/C(N)=N/O)c1. The lowest BCUT2D eigenvalue weighted by Crippen LogP contribution is -2.26. The highest BCUT2D eigenvalue weighted by Crippen LogP contribution is 2.08. The first kappa shape index (κ1) is 17.5. The molecule has 6 nitrogen and oxygen atoms in total. The Kier molecular flexibility index (Phi) is 6.64. The summed E-state index contributed by atoms with van der Waals surface area (Å²) in [4.78, 5) is 1.94. The summed E-state index contributed by atoms with van der Waals surface area (Å²) in [6.45, 7) is 2.95. The Morgan fingerprint density at radius 1 is 1.38 bits per heavy atom. The molecule has 1 aromatic rings. The third-order valence-electron chi connectivity index (χ3n) is 3.08. The molecule has 0 aliphatic carbocycles. The van der Waals surface area contributed by atoms with E-state index >= 15 is 0 Å². The third kappa shape index (κ3) is 6.14. The highest BCUT2D eigenvalue weighted by atomic mass is 32.2. The van der Waals surface area contributed by atoms with Gasteiger partial charge in [-0.25, -0.2) is 8.42 Å². The molecule has 0 fully saturated rings. The summed E-state index contributed by atoms with van der Waals surface area (Å²) in [5.41, 5.74) is 7.17. The number of hydrogen-bond donors (Lipinski definition) is 2. The first-order valence-electron chi connectivity index (χ1n) is 6.83. The van der Waals surface area contributed by atoms with Crippen molar-refractivity contribution >= 4 is 15.7 Å². The maximum Gasteiger partial charge on any atom is 0.170 e. The Morgan fingerprint density at radius 3 is 2.71 bits per heavy atom. The standard InChI is InChI=1S/C14H23N3O3S/c1-3-8-21(19,20)9-7-17(2)11-12-5-4-6-13(10-12)14(15)16-18/h4-6,10,18H,3,7-9,11H2,1-2H3,(H2,15,16). The van der Waals surface area contributed by atoms with Gasteiger partial charge in [-0.15, -0.1) is 0 Å². The van der Waals surface area contributed by atoms with Crippen molar-refractivity contribution < 1.29 is 13.6 Å². The maximum atomic E-state index is 11.7. The van der Waals surface area contributed by atoms with Crippen LogP contribution in [0.25, 0.3) is 0 Å². The molecule has 0 amide bonds. The number of rotatable bonds is 8. The van der Waals surface area contributed by atoms with E-state index in [1.807, 2.05) is 37.1 Å². The van der Waals surface area contributed by atoms with E-state index in [0.29, 0.717) is 25.1 Å². The van der Waals surface area contributed by atoms with E-state index in [9.17, 15) is 8.42 Å². The molecular weight excluding hydrogens is 290 g/mol. The minimum absolute atomic E-state index is 0.0602. The van der Waals surface area contributed by atoms with Crippen LogP contribution in [0.15, 0.2) is 29.4 Å². The topological polar surface area (TPSA) is 96.0 Å². The van der Waals surface area contributed by atoms with E-state index in [2.05, 4.69) is 5.16 Å². The summed E-state index contributed by atoms with van der Waals surface area (Å²) in [5, 5.41) is 11.6. The summed E-state index contributed by atoms with van der Waals surface area (Å²) in [6.07, 6.45) is 0.647. The molecule has 0 saturated carbocycles. The molecule has 1 rings (SSSR count). The van der Waals surface area contributed by atoms with Crippen LogP contribution in [0.5, 0.6) is 0 Å². The van der Waals surface area contributed by atoms with E-state index in [0.717, 1.165) is 5.56 Å². The van der Waals surface area contributed by atoms with Crippen molar-refractivity contribution in [2.75, 3.05) is 25.1 Å². The van der Waals surface area contributed by atoms with Crippen LogP contribution in [0.3, 0.4) is 0 Å². The summed E-state index contributed by atoms with van der Waals surface area (Å²) < 4.78 is 23.4. The Bertz CT molecular complexity index is 585. The van der Waals surface area contributed by atoms with Gasteiger partial charge in [0.15, 0.2) is 15.7 Å². The monoisotopic (exact) mass is 313 g/mol. The lowest BCUT2D eigenvalue weighted by Gasteiger charge is -2.17. The average molecular weight is 313 g/mol. The number of amidine groups is 1. The zero-order valence-electron chi connectivity index (χ0n) is 12.5. The van der Waals surface area contributed by atoms with Gasteiger partial charge in [0.25, 0.3) is 0 Å². The fraction of sp³-hybridized carbons (Fsp3) is 0.500. The molecule has 21 heavy (non-hydrogen) atoms. The second kappa shape index (κ2) is 7.99. The van der Waals surface area contributed by atoms with Crippen molar-refractivity contribution in [2.45, 2.75) is 19.9 Å². The van der Waals surface area contributed by atoms with Gasteiger partial charge in [0.05, 0.1) is 5.75 Å². The Labute approximate surface area is 126 Å². The minimum Gasteiger partial charge on any atom is -0.409 e. The van der Waals surface area contributed by atoms with Crippen molar-refractivity contribution in [3.8, 4) is 0 Å². The molecule has 3 N–H and O–H groups in total. The van der Waals surface area contributed by atoms with Crippen molar-refractivity contribution in [1.82, 2.24) is 4.90 Å². The number of nitrogens with zero attached hydrogens (tertiary/aromatic N) is 2. The predicted octanol–water partition coefficient (Wildman–Crippen LogP) is 1.04. The molecule has 1 aromatic carbocycles. The molecule has 0 heterocycles. The van der Waals surface area contributed by atoms with Gasteiger partial charge in [-0.3, -0.25) is 0 Å². The van der Waals surface area contributed by atoms with Gasteiger partial charge in [-0.2, -0.15) is 0 Å². The molecule has 0 aliphatic rings. The molecule has 0 aliphatic heterocycles. The zero-order valence-corrected chi connectivity index (χ0v) is 13.3. The van der Waals surface area contributed by atoms with E-state index in [1.54, 1.807) is 6.07 Å². The maximum absolute atomic E-state index is 11.7. The molecule has 0 aromatic heterocycles. The van der Waals surface area contributed by atoms with Gasteiger partial charge < -0.3 is 15.8 Å². The lowest BCUT2D eigenvalue weighted by molar-refractivity contribution is 0.318. The smallest absolute Gasteiger partial charge is 0.170 e. The van der Waals surface area contributed by atoms with E-state index in [4.69, 9.17) is 10.9 Å². The quantitative estimate of drug-likeness (QED) is 0.323. The van der Waals surface area contributed by atoms with Crippen LogP contribution in [0.2, 0.25) is 0 Å². The molecule has 0 radical (unpaired) electrons. The number of hydrogen-bond acceptors (Lipinski definition) is 5. The summed E-state index contributed by atoms with van der Waals surface area (Å²) in [5.74, 6) is 0.460. The molecule has 118 valence electrons. The van der Waals surface area contributed by atoms with Crippen molar-refractivity contribution in [1.29, 1.82) is 0 Å². The van der Waals surface area contributed by atoms with Gasteiger partial charge in [-0.05, 0) is 25.1 Å². The first-order valence-corrected chi connectivity index (χ1v) is 8.66. The molecule has 0 bridgehead atoms. The van der Waals surface area contributed by atoms with Crippen molar-refractivity contribution in [3.05, 3.63) is 35.4 Å². The Morgan fingerprint density at radius 2 is 2.10 bits per heavy atom. The molecule has 0 unspecified atom stereocenters. The second-order valence-electron chi connectivity index (χ2n) is 5.08. The first-order chi connectivity index (χ1) is 9.88. The summed E-state index contributed by atoms with van der Waals surface area (Å²) in [7, 11) is -1.09. The highest BCUT2D eigenvalue weighted by molar-refractivity contribution is 7.91.